The number of ether oxygens (including phenoxy) is 1. The van der Waals surface area contributed by atoms with Gasteiger partial charge < -0.3 is 10.1 Å². The Bertz CT molecular complexity index is 1090. The van der Waals surface area contributed by atoms with E-state index in [0.29, 0.717) is 5.69 Å². The summed E-state index contributed by atoms with van der Waals surface area (Å²) in [5.41, 5.74) is 1.36. The number of sulfone groups is 1. The molecule has 27 heavy (non-hydrogen) atoms. The van der Waals surface area contributed by atoms with E-state index in [1.807, 2.05) is 24.3 Å². The zero-order valence-electron chi connectivity index (χ0n) is 14.5. The summed E-state index contributed by atoms with van der Waals surface area (Å²) in [6.07, 6.45) is 0.282. The van der Waals surface area contributed by atoms with Crippen LogP contribution in [0.3, 0.4) is 0 Å². The van der Waals surface area contributed by atoms with Crippen molar-refractivity contribution in [1.82, 2.24) is 0 Å². The molecule has 0 bridgehead atoms. The molecule has 2 aromatic carbocycles. The minimum Gasteiger partial charge on any atom is -0.497 e. The second-order valence-electron chi connectivity index (χ2n) is 6.23. The normalized spacial score (nSPS) is 16.5. The van der Waals surface area contributed by atoms with Crippen LogP contribution in [0.2, 0.25) is 0 Å². The maximum Gasteiger partial charge on any atom is 0.225 e. The molecule has 1 N–H and O–H groups in total. The van der Waals surface area contributed by atoms with Gasteiger partial charge in [0.1, 0.15) is 10.6 Å². The minimum absolute atomic E-state index is 0.153. The van der Waals surface area contributed by atoms with Crippen LogP contribution in [-0.4, -0.2) is 21.4 Å². The number of fused-ring (bicyclic) bond motifs is 1. The molecule has 0 fully saturated rings. The Hall–Kier alpha value is -2.64. The van der Waals surface area contributed by atoms with Crippen molar-refractivity contribution < 1.29 is 17.9 Å². The Morgan fingerprint density at radius 2 is 1.78 bits per heavy atom. The summed E-state index contributed by atoms with van der Waals surface area (Å²) >= 11 is 1.36. The fourth-order valence-corrected chi connectivity index (χ4v) is 6.16. The zero-order valence-corrected chi connectivity index (χ0v) is 16.1. The molecule has 2 heterocycles. The van der Waals surface area contributed by atoms with E-state index in [9.17, 15) is 13.2 Å². The lowest BCUT2D eigenvalue weighted by Crippen LogP contribution is -2.23. The van der Waals surface area contributed by atoms with Gasteiger partial charge >= 0.3 is 0 Å². The van der Waals surface area contributed by atoms with Crippen LogP contribution in [0.5, 0.6) is 5.75 Å². The minimum atomic E-state index is -3.70. The number of nitrogens with one attached hydrogen (secondary N) is 1. The molecule has 0 saturated heterocycles. The van der Waals surface area contributed by atoms with E-state index in [-0.39, 0.29) is 28.0 Å². The summed E-state index contributed by atoms with van der Waals surface area (Å²) < 4.78 is 31.3. The van der Waals surface area contributed by atoms with Gasteiger partial charge in [-0.25, -0.2) is 8.42 Å². The summed E-state index contributed by atoms with van der Waals surface area (Å²) in [6.45, 7) is 0. The third-order valence-corrected chi connectivity index (χ3v) is 7.66. The van der Waals surface area contributed by atoms with Crippen LogP contribution in [0.4, 0.5) is 5.69 Å². The molecule has 138 valence electrons. The number of anilines is 1. The second-order valence-corrected chi connectivity index (χ2v) is 9.06. The third-order valence-electron chi connectivity index (χ3n) is 4.62. The van der Waals surface area contributed by atoms with Gasteiger partial charge in [0, 0.05) is 22.6 Å². The molecule has 1 amide bonds. The highest BCUT2D eigenvalue weighted by Gasteiger charge is 2.34. The summed E-state index contributed by atoms with van der Waals surface area (Å²) in [7, 11) is -2.10. The number of methoxy groups -OCH3 is 1. The summed E-state index contributed by atoms with van der Waals surface area (Å²) in [5.74, 6) is 0.369. The van der Waals surface area contributed by atoms with Gasteiger partial charge in [-0.2, -0.15) is 0 Å². The Labute approximate surface area is 161 Å². The number of carbonyl (C=O) groups is 1. The lowest BCUT2D eigenvalue weighted by Gasteiger charge is -2.24. The average Bonchev–Trinajstić information content (AvgIpc) is 3.12. The molecule has 5 nitrogen and oxygen atoms in total. The van der Waals surface area contributed by atoms with Gasteiger partial charge in [-0.1, -0.05) is 30.3 Å². The maximum absolute atomic E-state index is 13.0. The highest BCUT2D eigenvalue weighted by molar-refractivity contribution is 7.91. The molecule has 3 aromatic rings. The molecule has 0 unspecified atom stereocenters. The van der Waals surface area contributed by atoms with Gasteiger partial charge in [-0.05, 0) is 29.8 Å². The van der Waals surface area contributed by atoms with Crippen LogP contribution < -0.4 is 10.1 Å². The molecule has 0 aliphatic carbocycles. The van der Waals surface area contributed by atoms with Crippen LogP contribution in [0.15, 0.2) is 69.8 Å². The lowest BCUT2D eigenvalue weighted by molar-refractivity contribution is -0.116. The SMILES string of the molecule is COc1ccc([C@H]2CC(=O)Nc3c(S(=O)(=O)c4ccccc4)csc32)cc1. The molecule has 1 aromatic heterocycles. The van der Waals surface area contributed by atoms with Crippen LogP contribution in [-0.2, 0) is 14.6 Å². The molecule has 1 aliphatic heterocycles. The topological polar surface area (TPSA) is 72.5 Å². The quantitative estimate of drug-likeness (QED) is 0.718. The first-order chi connectivity index (χ1) is 13.0. The smallest absolute Gasteiger partial charge is 0.225 e. The first-order valence-electron chi connectivity index (χ1n) is 8.36. The largest absolute Gasteiger partial charge is 0.497 e. The van der Waals surface area contributed by atoms with Gasteiger partial charge in [-0.3, -0.25) is 4.79 Å². The summed E-state index contributed by atoms with van der Waals surface area (Å²) in [5, 5.41) is 4.39. The Morgan fingerprint density at radius 3 is 2.44 bits per heavy atom. The van der Waals surface area contributed by atoms with Gasteiger partial charge in [0.2, 0.25) is 15.7 Å². The number of thiophene rings is 1. The first kappa shape index (κ1) is 17.8. The fraction of sp³-hybridized carbons (Fsp3) is 0.150. The maximum atomic E-state index is 13.0. The van der Waals surface area contributed by atoms with Crippen molar-refractivity contribution in [1.29, 1.82) is 0 Å². The van der Waals surface area contributed by atoms with Crippen molar-refractivity contribution >= 4 is 32.8 Å². The van der Waals surface area contributed by atoms with Crippen LogP contribution in [0.1, 0.15) is 22.8 Å². The zero-order chi connectivity index (χ0) is 19.0. The molecule has 0 spiro atoms. The van der Waals surface area contributed by atoms with Crippen molar-refractivity contribution in [2.75, 3.05) is 12.4 Å². The number of benzene rings is 2. The number of rotatable bonds is 4. The van der Waals surface area contributed by atoms with E-state index < -0.39 is 9.84 Å². The molecule has 1 aliphatic rings. The molecule has 4 rings (SSSR count). The number of hydrogen-bond donors (Lipinski definition) is 1. The molecule has 7 heteroatoms. The van der Waals surface area contributed by atoms with E-state index >= 15 is 0 Å². The fourth-order valence-electron chi connectivity index (χ4n) is 3.23. The molecule has 0 saturated carbocycles. The van der Waals surface area contributed by atoms with Crippen molar-refractivity contribution in [3.05, 3.63) is 70.4 Å². The van der Waals surface area contributed by atoms with Crippen LogP contribution in [0, 0.1) is 0 Å². The predicted octanol–water partition coefficient (Wildman–Crippen LogP) is 4.06. The Morgan fingerprint density at radius 1 is 1.07 bits per heavy atom. The number of hydrogen-bond acceptors (Lipinski definition) is 5. The van der Waals surface area contributed by atoms with Crippen molar-refractivity contribution in [3.8, 4) is 5.75 Å². The van der Waals surface area contributed by atoms with Crippen molar-refractivity contribution in [2.24, 2.45) is 0 Å². The molecule has 1 atom stereocenters. The molecule has 0 radical (unpaired) electrons. The van der Waals surface area contributed by atoms with Gasteiger partial charge in [0.25, 0.3) is 0 Å². The highest BCUT2D eigenvalue weighted by Crippen LogP contribution is 2.45. The van der Waals surface area contributed by atoms with Crippen molar-refractivity contribution in [3.63, 3.8) is 0 Å². The Kier molecular flexibility index (Phi) is 4.49. The van der Waals surface area contributed by atoms with Crippen LogP contribution in [0.25, 0.3) is 0 Å². The molecular formula is C20H17NO4S2. The second kappa shape index (κ2) is 6.83. The van der Waals surface area contributed by atoms with Gasteiger partial charge in [0.05, 0.1) is 17.7 Å². The number of amides is 1. The average molecular weight is 399 g/mol. The first-order valence-corrected chi connectivity index (χ1v) is 10.7. The Balaban J connectivity index is 1.80. The monoisotopic (exact) mass is 399 g/mol. The standard InChI is InChI=1S/C20H17NO4S2/c1-25-14-9-7-13(8-10-14)16-11-18(22)21-19-17(12-26-20(16)19)27(23,24)15-5-3-2-4-6-15/h2-10,12,16H,11H2,1H3,(H,21,22)/t16-/m1/s1. The van der Waals surface area contributed by atoms with Gasteiger partial charge in [0.15, 0.2) is 0 Å². The van der Waals surface area contributed by atoms with E-state index in [2.05, 4.69) is 5.32 Å². The van der Waals surface area contributed by atoms with E-state index in [1.54, 1.807) is 42.8 Å². The third kappa shape index (κ3) is 3.13. The summed E-state index contributed by atoms with van der Waals surface area (Å²) in [6, 6.07) is 15.8. The number of carbonyl (C=O) groups excluding carboxylic acids is 1. The van der Waals surface area contributed by atoms with E-state index in [4.69, 9.17) is 4.74 Å². The predicted molar refractivity (Wildman–Crippen MR) is 104 cm³/mol. The molecular weight excluding hydrogens is 382 g/mol. The van der Waals surface area contributed by atoms with E-state index in [0.717, 1.165) is 16.2 Å². The van der Waals surface area contributed by atoms with Gasteiger partial charge in [-0.15, -0.1) is 11.3 Å². The van der Waals surface area contributed by atoms with Crippen LogP contribution >= 0.6 is 11.3 Å². The lowest BCUT2D eigenvalue weighted by atomic mass is 9.91. The summed E-state index contributed by atoms with van der Waals surface area (Å²) in [4.78, 5) is 13.5. The highest BCUT2D eigenvalue weighted by atomic mass is 32.2. The van der Waals surface area contributed by atoms with Crippen molar-refractivity contribution in [2.45, 2.75) is 22.1 Å². The van der Waals surface area contributed by atoms with E-state index in [1.165, 1.54) is 11.3 Å².